The molecule has 1 aliphatic heterocycles. The molecule has 1 aliphatic carbocycles. The summed E-state index contributed by atoms with van der Waals surface area (Å²) < 4.78 is 7.69. The van der Waals surface area contributed by atoms with Crippen LogP contribution in [0.2, 0.25) is 0 Å². The number of nitrogens with zero attached hydrogens (tertiary/aromatic N) is 3. The number of rotatable bonds is 6. The summed E-state index contributed by atoms with van der Waals surface area (Å²) in [6, 6.07) is 5.76. The highest BCUT2D eigenvalue weighted by atomic mass is 16.5. The number of ether oxygens (including phenoxy) is 1. The normalized spacial score (nSPS) is 20.0. The lowest BCUT2D eigenvalue weighted by molar-refractivity contribution is 0.0695. The van der Waals surface area contributed by atoms with Crippen molar-refractivity contribution in [2.75, 3.05) is 25.1 Å². The van der Waals surface area contributed by atoms with Gasteiger partial charge in [-0.15, -0.1) is 0 Å². The fraction of sp³-hybridized carbons (Fsp3) is 0.522. The van der Waals surface area contributed by atoms with Gasteiger partial charge in [0.2, 0.25) is 5.43 Å². The van der Waals surface area contributed by atoms with Crippen LogP contribution in [0.5, 0.6) is 5.75 Å². The smallest absolute Gasteiger partial charge is 0.341 e. The predicted molar refractivity (Wildman–Crippen MR) is 118 cm³/mol. The molecule has 4 rings (SSSR count). The fourth-order valence-corrected chi connectivity index (χ4v) is 4.61. The number of carboxylic acid groups (broad SMARTS) is 1. The van der Waals surface area contributed by atoms with Crippen molar-refractivity contribution in [2.45, 2.75) is 45.2 Å². The molecule has 2 atom stereocenters. The van der Waals surface area contributed by atoms with Crippen LogP contribution in [0.25, 0.3) is 10.9 Å². The molecule has 1 aromatic heterocycles. The SMILES string of the molecule is COc1c(N2CCC(C(N)C(C)(C)C#N)C2)ccc2c(=O)c(C(=O)O)cn(C3CC3)c12. The highest BCUT2D eigenvalue weighted by molar-refractivity contribution is 5.97. The molecule has 3 N–H and O–H groups in total. The molecule has 2 fully saturated rings. The summed E-state index contributed by atoms with van der Waals surface area (Å²) in [5, 5.41) is 19.3. The van der Waals surface area contributed by atoms with Crippen LogP contribution in [0.15, 0.2) is 23.1 Å². The topological polar surface area (TPSA) is 122 Å². The van der Waals surface area contributed by atoms with Crippen LogP contribution < -0.4 is 20.8 Å². The van der Waals surface area contributed by atoms with Gasteiger partial charge < -0.3 is 25.0 Å². The molecule has 31 heavy (non-hydrogen) atoms. The molecule has 2 aromatic rings. The number of pyridine rings is 1. The minimum Gasteiger partial charge on any atom is -0.492 e. The highest BCUT2D eigenvalue weighted by Crippen LogP contribution is 2.43. The van der Waals surface area contributed by atoms with E-state index in [0.717, 1.165) is 31.5 Å². The number of methoxy groups -OCH3 is 1. The van der Waals surface area contributed by atoms with E-state index in [1.165, 1.54) is 6.20 Å². The Labute approximate surface area is 180 Å². The summed E-state index contributed by atoms with van der Waals surface area (Å²) in [6.45, 7) is 5.19. The Morgan fingerprint density at radius 1 is 1.35 bits per heavy atom. The molecule has 164 valence electrons. The van der Waals surface area contributed by atoms with Crippen molar-refractivity contribution < 1.29 is 14.6 Å². The molecular weight excluding hydrogens is 396 g/mol. The van der Waals surface area contributed by atoms with Crippen molar-refractivity contribution in [1.82, 2.24) is 4.57 Å². The van der Waals surface area contributed by atoms with Gasteiger partial charge in [-0.2, -0.15) is 5.26 Å². The van der Waals surface area contributed by atoms with Crippen molar-refractivity contribution in [3.63, 3.8) is 0 Å². The second kappa shape index (κ2) is 7.57. The largest absolute Gasteiger partial charge is 0.492 e. The number of aromatic nitrogens is 1. The average molecular weight is 425 g/mol. The highest BCUT2D eigenvalue weighted by Gasteiger charge is 2.38. The molecule has 8 heteroatoms. The van der Waals surface area contributed by atoms with Crippen LogP contribution in [-0.4, -0.2) is 41.9 Å². The molecule has 2 aliphatic rings. The fourth-order valence-electron chi connectivity index (χ4n) is 4.61. The molecule has 0 spiro atoms. The van der Waals surface area contributed by atoms with Gasteiger partial charge in [0.1, 0.15) is 5.56 Å². The number of carboxylic acids is 1. The molecule has 0 amide bonds. The minimum atomic E-state index is -1.22. The van der Waals surface area contributed by atoms with Crippen molar-refractivity contribution in [3.8, 4) is 11.8 Å². The first kappa shape index (κ1) is 21.2. The third kappa shape index (κ3) is 3.53. The zero-order valence-corrected chi connectivity index (χ0v) is 18.1. The van der Waals surface area contributed by atoms with Crippen molar-refractivity contribution >= 4 is 22.6 Å². The maximum absolute atomic E-state index is 12.8. The number of aromatic carboxylic acids is 1. The molecule has 1 aromatic carbocycles. The van der Waals surface area contributed by atoms with Gasteiger partial charge in [-0.1, -0.05) is 0 Å². The summed E-state index contributed by atoms with van der Waals surface area (Å²) in [5.41, 5.74) is 6.59. The lowest BCUT2D eigenvalue weighted by Crippen LogP contribution is -2.43. The van der Waals surface area contributed by atoms with E-state index in [1.807, 2.05) is 24.5 Å². The van der Waals surface area contributed by atoms with E-state index in [2.05, 4.69) is 11.0 Å². The molecule has 1 saturated heterocycles. The van der Waals surface area contributed by atoms with Crippen LogP contribution in [0.4, 0.5) is 5.69 Å². The van der Waals surface area contributed by atoms with Gasteiger partial charge in [-0.3, -0.25) is 4.79 Å². The van der Waals surface area contributed by atoms with Gasteiger partial charge in [0.25, 0.3) is 0 Å². The van der Waals surface area contributed by atoms with Crippen LogP contribution in [0, 0.1) is 22.7 Å². The lowest BCUT2D eigenvalue weighted by atomic mass is 9.79. The number of hydrogen-bond donors (Lipinski definition) is 2. The summed E-state index contributed by atoms with van der Waals surface area (Å²) in [4.78, 5) is 26.6. The predicted octanol–water partition coefficient (Wildman–Crippen LogP) is 2.75. The van der Waals surface area contributed by atoms with Crippen LogP contribution in [0.3, 0.4) is 0 Å². The van der Waals surface area contributed by atoms with Gasteiger partial charge in [0.15, 0.2) is 5.75 Å². The second-order valence-electron chi connectivity index (χ2n) is 9.18. The van der Waals surface area contributed by atoms with Crippen LogP contribution in [0.1, 0.15) is 49.5 Å². The first-order chi connectivity index (χ1) is 14.7. The number of nitrogens with two attached hydrogens (primary N) is 1. The van der Waals surface area contributed by atoms with E-state index in [1.54, 1.807) is 13.2 Å². The zero-order valence-electron chi connectivity index (χ0n) is 18.1. The van der Waals surface area contributed by atoms with Crippen LogP contribution >= 0.6 is 0 Å². The molecule has 1 saturated carbocycles. The molecule has 2 unspecified atom stereocenters. The van der Waals surface area contributed by atoms with Crippen LogP contribution in [-0.2, 0) is 0 Å². The molecule has 8 nitrogen and oxygen atoms in total. The van der Waals surface area contributed by atoms with Crippen molar-refractivity contribution in [1.29, 1.82) is 5.26 Å². The molecule has 2 heterocycles. The Balaban J connectivity index is 1.80. The standard InChI is InChI=1S/C23H28N4O4/c1-23(2,12-24)21(25)13-8-9-26(10-13)17-7-6-15-18(20(17)31-3)27(14-4-5-14)11-16(19(15)28)22(29)30/h6-7,11,13-14,21H,4-5,8-10,25H2,1-3H3,(H,29,30). The van der Waals surface area contributed by atoms with E-state index < -0.39 is 16.8 Å². The number of carbonyl (C=O) groups is 1. The Kier molecular flexibility index (Phi) is 5.18. The Morgan fingerprint density at radius 2 is 2.06 bits per heavy atom. The lowest BCUT2D eigenvalue weighted by Gasteiger charge is -2.30. The number of nitriles is 1. The average Bonchev–Trinajstić information content (AvgIpc) is 3.48. The van der Waals surface area contributed by atoms with Crippen molar-refractivity contribution in [3.05, 3.63) is 34.1 Å². The molecule has 0 radical (unpaired) electrons. The number of fused-ring (bicyclic) bond motifs is 1. The first-order valence-corrected chi connectivity index (χ1v) is 10.6. The van der Waals surface area contributed by atoms with Crippen molar-refractivity contribution in [2.24, 2.45) is 17.1 Å². The monoisotopic (exact) mass is 424 g/mol. The third-order valence-corrected chi connectivity index (χ3v) is 6.70. The maximum atomic E-state index is 12.8. The van der Waals surface area contributed by atoms with Gasteiger partial charge in [-0.05, 0) is 51.2 Å². The Hall–Kier alpha value is -3.05. The van der Waals surface area contributed by atoms with Gasteiger partial charge in [0, 0.05) is 31.4 Å². The zero-order chi connectivity index (χ0) is 22.5. The van der Waals surface area contributed by atoms with Gasteiger partial charge >= 0.3 is 5.97 Å². The van der Waals surface area contributed by atoms with Gasteiger partial charge in [0.05, 0.1) is 35.2 Å². The molecule has 0 bridgehead atoms. The Morgan fingerprint density at radius 3 is 2.65 bits per heavy atom. The van der Waals surface area contributed by atoms with Gasteiger partial charge in [-0.25, -0.2) is 4.79 Å². The number of benzene rings is 1. The number of hydrogen-bond acceptors (Lipinski definition) is 6. The van der Waals surface area contributed by atoms with E-state index in [9.17, 15) is 20.0 Å². The summed E-state index contributed by atoms with van der Waals surface area (Å²) in [5.74, 6) is -0.483. The first-order valence-electron chi connectivity index (χ1n) is 10.6. The quantitative estimate of drug-likeness (QED) is 0.731. The van der Waals surface area contributed by atoms with E-state index in [0.29, 0.717) is 23.2 Å². The number of anilines is 1. The second-order valence-corrected chi connectivity index (χ2v) is 9.18. The van der Waals surface area contributed by atoms with E-state index in [4.69, 9.17) is 10.5 Å². The maximum Gasteiger partial charge on any atom is 0.341 e. The third-order valence-electron chi connectivity index (χ3n) is 6.70. The summed E-state index contributed by atoms with van der Waals surface area (Å²) in [6.07, 6.45) is 4.19. The summed E-state index contributed by atoms with van der Waals surface area (Å²) >= 11 is 0. The van der Waals surface area contributed by atoms with E-state index >= 15 is 0 Å². The summed E-state index contributed by atoms with van der Waals surface area (Å²) in [7, 11) is 1.57. The molecular formula is C23H28N4O4. The Bertz CT molecular complexity index is 1140. The van der Waals surface area contributed by atoms with E-state index in [-0.39, 0.29) is 23.6 Å². The minimum absolute atomic E-state index is 0.162.